The van der Waals surface area contributed by atoms with Crippen LogP contribution in [0.3, 0.4) is 0 Å². The minimum absolute atomic E-state index is 0. The molecule has 86 valence electrons. The summed E-state index contributed by atoms with van der Waals surface area (Å²) in [4.78, 5) is 14.5. The number of aromatic nitrogens is 2. The standard InChI is InChI=1S/C10H8N2OS.ClH.H2O/c13-10-11-8-4-2-1-3-7(8)9-12(10)5-6-14-9;;/h1-4H,5-6H2;1H;1H2. The minimum Gasteiger partial charge on any atom is -1.00 e. The number of rotatable bonds is 0. The number of hydrogen-bond acceptors (Lipinski definition) is 2. The van der Waals surface area contributed by atoms with Crippen molar-refractivity contribution in [3.63, 3.8) is 0 Å². The zero-order valence-corrected chi connectivity index (χ0v) is 9.94. The third-order valence-corrected chi connectivity index (χ3v) is 3.54. The number of H-pyrrole nitrogens is 1. The van der Waals surface area contributed by atoms with E-state index in [1.165, 1.54) is 0 Å². The molecule has 0 spiro atoms. The van der Waals surface area contributed by atoms with Crippen LogP contribution in [0.2, 0.25) is 0 Å². The van der Waals surface area contributed by atoms with Crippen LogP contribution in [0.1, 0.15) is 0 Å². The summed E-state index contributed by atoms with van der Waals surface area (Å²) in [6, 6.07) is 7.93. The topological polar surface area (TPSA) is 68.2 Å². The molecule has 2 aromatic rings. The molecule has 16 heavy (non-hydrogen) atoms. The van der Waals surface area contributed by atoms with E-state index in [1.54, 1.807) is 11.8 Å². The molecule has 4 nitrogen and oxygen atoms in total. The van der Waals surface area contributed by atoms with Crippen molar-refractivity contribution in [3.05, 3.63) is 34.7 Å². The maximum atomic E-state index is 11.6. The van der Waals surface area contributed by atoms with Crippen LogP contribution >= 0.6 is 11.8 Å². The van der Waals surface area contributed by atoms with Gasteiger partial charge in [-0.1, -0.05) is 23.9 Å². The molecule has 0 aliphatic carbocycles. The fraction of sp³-hybridized carbons (Fsp3) is 0.200. The summed E-state index contributed by atoms with van der Waals surface area (Å²) in [6.07, 6.45) is 0. The lowest BCUT2D eigenvalue weighted by Crippen LogP contribution is -3.00. The van der Waals surface area contributed by atoms with Gasteiger partial charge in [0.2, 0.25) is 0 Å². The maximum Gasteiger partial charge on any atom is 0.497 e. The summed E-state index contributed by atoms with van der Waals surface area (Å²) >= 11 is 1.75. The summed E-state index contributed by atoms with van der Waals surface area (Å²) in [5.41, 5.74) is 0.932. The second-order valence-electron chi connectivity index (χ2n) is 3.28. The molecule has 3 rings (SSSR count). The van der Waals surface area contributed by atoms with E-state index < -0.39 is 0 Å². The number of thioether (sulfide) groups is 1. The van der Waals surface area contributed by atoms with Gasteiger partial charge in [-0.3, -0.25) is 0 Å². The first-order chi connectivity index (χ1) is 6.86. The van der Waals surface area contributed by atoms with Crippen molar-refractivity contribution in [1.29, 1.82) is 0 Å². The van der Waals surface area contributed by atoms with Crippen molar-refractivity contribution in [1.82, 2.24) is 4.98 Å². The average Bonchev–Trinajstić information content (AvgIpc) is 2.67. The Bertz CT molecular complexity index is 570. The molecule has 0 radical (unpaired) electrons. The number of nitrogens with one attached hydrogen (secondary N) is 1. The van der Waals surface area contributed by atoms with Crippen LogP contribution < -0.4 is 22.7 Å². The van der Waals surface area contributed by atoms with Gasteiger partial charge in [0.25, 0.3) is 0 Å². The molecular formula is C10H11ClN2O2S. The van der Waals surface area contributed by atoms with Crippen LogP contribution in [0, 0.1) is 0 Å². The van der Waals surface area contributed by atoms with Crippen molar-refractivity contribution < 1.29 is 22.5 Å². The van der Waals surface area contributed by atoms with E-state index in [9.17, 15) is 4.79 Å². The molecule has 6 heteroatoms. The quantitative estimate of drug-likeness (QED) is 0.407. The Morgan fingerprint density at radius 2 is 2.06 bits per heavy atom. The number of para-hydroxylation sites is 1. The van der Waals surface area contributed by atoms with Gasteiger partial charge in [-0.25, -0.2) is 4.98 Å². The Labute approximate surface area is 102 Å². The molecule has 0 atom stereocenters. The third kappa shape index (κ3) is 1.81. The summed E-state index contributed by atoms with van der Waals surface area (Å²) in [5, 5.41) is 2.25. The van der Waals surface area contributed by atoms with Crippen LogP contribution in [-0.2, 0) is 6.54 Å². The maximum absolute atomic E-state index is 11.6. The highest BCUT2D eigenvalue weighted by molar-refractivity contribution is 7.99. The normalized spacial score (nSPS) is 12.8. The summed E-state index contributed by atoms with van der Waals surface area (Å²) in [7, 11) is 0. The Hall–Kier alpha value is -1.04. The van der Waals surface area contributed by atoms with Gasteiger partial charge in [-0.2, -0.15) is 9.36 Å². The first kappa shape index (κ1) is 13.0. The Kier molecular flexibility index (Phi) is 3.96. The van der Waals surface area contributed by atoms with E-state index >= 15 is 0 Å². The smallest absolute Gasteiger partial charge is 0.497 e. The number of benzene rings is 1. The average molecular weight is 259 g/mol. The van der Waals surface area contributed by atoms with Gasteiger partial charge in [0.15, 0.2) is 5.03 Å². The summed E-state index contributed by atoms with van der Waals surface area (Å²) in [6.45, 7) is 0.820. The first-order valence-corrected chi connectivity index (χ1v) is 5.52. The zero-order chi connectivity index (χ0) is 9.54. The van der Waals surface area contributed by atoms with Gasteiger partial charge >= 0.3 is 5.69 Å². The molecule has 0 bridgehead atoms. The van der Waals surface area contributed by atoms with Crippen LogP contribution in [0.5, 0.6) is 0 Å². The minimum atomic E-state index is 0. The third-order valence-electron chi connectivity index (χ3n) is 2.44. The van der Waals surface area contributed by atoms with Crippen LogP contribution in [0.15, 0.2) is 34.1 Å². The zero-order valence-electron chi connectivity index (χ0n) is 8.37. The van der Waals surface area contributed by atoms with Crippen LogP contribution in [0.4, 0.5) is 0 Å². The number of aromatic amines is 1. The molecule has 1 aromatic carbocycles. The Balaban J connectivity index is 0.000000640. The number of hydrogen-bond donors (Lipinski definition) is 1. The largest absolute Gasteiger partial charge is 1.00 e. The molecule has 2 heterocycles. The molecule has 3 N–H and O–H groups in total. The van der Waals surface area contributed by atoms with Crippen molar-refractivity contribution in [2.45, 2.75) is 11.6 Å². The molecular weight excluding hydrogens is 248 g/mol. The van der Waals surface area contributed by atoms with Gasteiger partial charge in [-0.05, 0) is 12.1 Å². The van der Waals surface area contributed by atoms with Gasteiger partial charge in [0, 0.05) is 5.75 Å². The Morgan fingerprint density at radius 3 is 2.88 bits per heavy atom. The summed E-state index contributed by atoms with van der Waals surface area (Å²) in [5.74, 6) is 0.997. The highest BCUT2D eigenvalue weighted by Gasteiger charge is 2.22. The molecule has 0 saturated carbocycles. The molecule has 1 aliphatic heterocycles. The highest BCUT2D eigenvalue weighted by atomic mass is 35.5. The van der Waals surface area contributed by atoms with Crippen LogP contribution in [0.25, 0.3) is 10.9 Å². The van der Waals surface area contributed by atoms with Crippen molar-refractivity contribution in [2.24, 2.45) is 0 Å². The lowest BCUT2D eigenvalue weighted by atomic mass is 10.2. The second-order valence-corrected chi connectivity index (χ2v) is 4.36. The summed E-state index contributed by atoms with van der Waals surface area (Å²) < 4.78 is 1.81. The van der Waals surface area contributed by atoms with Gasteiger partial charge in [-0.15, -0.1) is 0 Å². The predicted octanol–water partition coefficient (Wildman–Crippen LogP) is -2.90. The highest BCUT2D eigenvalue weighted by Crippen LogP contribution is 2.25. The lowest BCUT2D eigenvalue weighted by Gasteiger charge is -1.97. The van der Waals surface area contributed by atoms with Crippen molar-refractivity contribution in [2.75, 3.05) is 5.75 Å². The van der Waals surface area contributed by atoms with E-state index in [2.05, 4.69) is 11.1 Å². The van der Waals surface area contributed by atoms with Gasteiger partial charge in [0.05, 0.1) is 5.39 Å². The van der Waals surface area contributed by atoms with Crippen molar-refractivity contribution >= 4 is 22.7 Å². The van der Waals surface area contributed by atoms with E-state index in [1.807, 2.05) is 22.8 Å². The molecule has 0 unspecified atom stereocenters. The molecule has 0 amide bonds. The van der Waals surface area contributed by atoms with E-state index in [4.69, 9.17) is 0 Å². The van der Waals surface area contributed by atoms with E-state index in [0.29, 0.717) is 0 Å². The molecule has 1 aliphatic rings. The SMILES string of the molecule is O.O=c1[nH]c2ccccc2c2[n+]1CCS2.[Cl-]. The monoisotopic (exact) mass is 258 g/mol. The second kappa shape index (κ2) is 4.86. The molecule has 1 aromatic heterocycles. The van der Waals surface area contributed by atoms with E-state index in [-0.39, 0.29) is 23.6 Å². The van der Waals surface area contributed by atoms with Gasteiger partial charge in [0.1, 0.15) is 12.1 Å². The van der Waals surface area contributed by atoms with Crippen LogP contribution in [-0.4, -0.2) is 16.2 Å². The number of fused-ring (bicyclic) bond motifs is 3. The number of nitrogens with zero attached hydrogens (tertiary/aromatic N) is 1. The Morgan fingerprint density at radius 1 is 1.31 bits per heavy atom. The number of halogens is 1. The van der Waals surface area contributed by atoms with Gasteiger partial charge < -0.3 is 17.9 Å². The van der Waals surface area contributed by atoms with E-state index in [0.717, 1.165) is 28.2 Å². The first-order valence-electron chi connectivity index (χ1n) is 4.54. The predicted molar refractivity (Wildman–Crippen MR) is 59.1 cm³/mol. The van der Waals surface area contributed by atoms with Crippen molar-refractivity contribution in [3.8, 4) is 0 Å². The lowest BCUT2D eigenvalue weighted by molar-refractivity contribution is -0.737. The fourth-order valence-electron chi connectivity index (χ4n) is 1.79. The molecule has 0 saturated heterocycles. The molecule has 0 fully saturated rings. The fourth-order valence-corrected chi connectivity index (χ4v) is 2.92.